The zero-order valence-electron chi connectivity index (χ0n) is 19.8. The minimum Gasteiger partial charge on any atom is -0.480 e. The largest absolute Gasteiger partial charge is 0.480 e. The molecule has 2 saturated carbocycles. The van der Waals surface area contributed by atoms with E-state index in [-0.39, 0.29) is 25.0 Å². The number of fused-ring (bicyclic) bond motifs is 3. The van der Waals surface area contributed by atoms with Crippen LogP contribution < -0.4 is 10.6 Å². The highest BCUT2D eigenvalue weighted by Crippen LogP contribution is 2.44. The van der Waals surface area contributed by atoms with Crippen LogP contribution in [0.1, 0.15) is 68.4 Å². The number of amides is 2. The van der Waals surface area contributed by atoms with Crippen molar-refractivity contribution in [1.29, 1.82) is 0 Å². The van der Waals surface area contributed by atoms with Gasteiger partial charge in [-0.05, 0) is 54.4 Å². The Bertz CT molecular complexity index is 1090. The number of hydrogen-bond donors (Lipinski definition) is 3. The van der Waals surface area contributed by atoms with E-state index in [0.29, 0.717) is 25.7 Å². The van der Waals surface area contributed by atoms with E-state index in [1.807, 2.05) is 24.3 Å². The van der Waals surface area contributed by atoms with Crippen molar-refractivity contribution in [3.05, 3.63) is 59.7 Å². The zero-order valence-corrected chi connectivity index (χ0v) is 19.8. The SMILES string of the molecule is O=C(NCC1(C(=O)NC2(C(=O)O)CCC2)CCCCC1)OCC1c2ccccc2-c2ccccc21. The average molecular weight is 477 g/mol. The van der Waals surface area contributed by atoms with Crippen molar-refractivity contribution in [3.8, 4) is 11.1 Å². The summed E-state index contributed by atoms with van der Waals surface area (Å²) in [5, 5.41) is 15.3. The fourth-order valence-electron chi connectivity index (χ4n) is 5.88. The van der Waals surface area contributed by atoms with Gasteiger partial charge in [-0.25, -0.2) is 9.59 Å². The van der Waals surface area contributed by atoms with Gasteiger partial charge in [-0.1, -0.05) is 67.8 Å². The molecule has 2 fully saturated rings. The Morgan fingerprint density at radius 3 is 2.00 bits per heavy atom. The third kappa shape index (κ3) is 4.28. The molecule has 0 radical (unpaired) electrons. The summed E-state index contributed by atoms with van der Waals surface area (Å²) in [6, 6.07) is 16.3. The van der Waals surface area contributed by atoms with Crippen molar-refractivity contribution in [2.45, 2.75) is 62.8 Å². The summed E-state index contributed by atoms with van der Waals surface area (Å²) < 4.78 is 5.65. The summed E-state index contributed by atoms with van der Waals surface area (Å²) in [6.07, 6.45) is 5.16. The number of carboxylic acids is 1. The molecule has 3 N–H and O–H groups in total. The lowest BCUT2D eigenvalue weighted by Crippen LogP contribution is -2.63. The standard InChI is InChI=1S/C28H32N2O5/c31-24(30-28(25(32)33)15-8-16-28)27(13-6-1-7-14-27)18-29-26(34)35-17-23-21-11-4-2-9-19(21)20-10-3-5-12-22(20)23/h2-5,9-12,23H,1,6-8,13-18H2,(H,29,34)(H,30,31)(H,32,33). The lowest BCUT2D eigenvalue weighted by Gasteiger charge is -2.43. The Labute approximate surface area is 205 Å². The van der Waals surface area contributed by atoms with Crippen molar-refractivity contribution in [2.75, 3.05) is 13.2 Å². The molecule has 35 heavy (non-hydrogen) atoms. The van der Waals surface area contributed by atoms with Crippen molar-refractivity contribution in [3.63, 3.8) is 0 Å². The van der Waals surface area contributed by atoms with Crippen LogP contribution in [-0.2, 0) is 14.3 Å². The van der Waals surface area contributed by atoms with Crippen molar-refractivity contribution >= 4 is 18.0 Å². The maximum absolute atomic E-state index is 13.3. The first-order valence-electron chi connectivity index (χ1n) is 12.6. The first-order valence-corrected chi connectivity index (χ1v) is 12.6. The summed E-state index contributed by atoms with van der Waals surface area (Å²) >= 11 is 0. The normalized spacial score (nSPS) is 19.5. The van der Waals surface area contributed by atoms with E-state index in [4.69, 9.17) is 4.74 Å². The molecule has 2 aromatic carbocycles. The molecule has 0 aromatic heterocycles. The van der Waals surface area contributed by atoms with Crippen LogP contribution in [0.5, 0.6) is 0 Å². The molecular formula is C28H32N2O5. The van der Waals surface area contributed by atoms with E-state index >= 15 is 0 Å². The van der Waals surface area contributed by atoms with Crippen LogP contribution in [0, 0.1) is 5.41 Å². The van der Waals surface area contributed by atoms with E-state index < -0.39 is 23.0 Å². The number of carbonyl (C=O) groups is 3. The summed E-state index contributed by atoms with van der Waals surface area (Å²) in [5.74, 6) is -1.28. The van der Waals surface area contributed by atoms with Gasteiger partial charge in [0.05, 0.1) is 5.41 Å². The molecule has 0 atom stereocenters. The third-order valence-corrected chi connectivity index (χ3v) is 8.18. The van der Waals surface area contributed by atoms with Gasteiger partial charge in [0.15, 0.2) is 0 Å². The molecule has 2 aromatic rings. The van der Waals surface area contributed by atoms with Gasteiger partial charge in [0, 0.05) is 12.5 Å². The Morgan fingerprint density at radius 1 is 0.857 bits per heavy atom. The predicted molar refractivity (Wildman–Crippen MR) is 131 cm³/mol. The fourth-order valence-corrected chi connectivity index (χ4v) is 5.88. The lowest BCUT2D eigenvalue weighted by molar-refractivity contribution is -0.154. The first-order chi connectivity index (χ1) is 16.9. The number of rotatable bonds is 7. The lowest BCUT2D eigenvalue weighted by atomic mass is 9.71. The Balaban J connectivity index is 1.23. The molecule has 0 spiro atoms. The van der Waals surface area contributed by atoms with Crippen LogP contribution in [0.4, 0.5) is 4.79 Å². The number of nitrogens with one attached hydrogen (secondary N) is 2. The fraction of sp³-hybridized carbons (Fsp3) is 0.464. The molecule has 0 aliphatic heterocycles. The molecule has 3 aliphatic rings. The summed E-state index contributed by atoms with van der Waals surface area (Å²) in [7, 11) is 0. The van der Waals surface area contributed by atoms with Gasteiger partial charge >= 0.3 is 12.1 Å². The van der Waals surface area contributed by atoms with Crippen molar-refractivity contribution in [2.24, 2.45) is 5.41 Å². The molecule has 0 unspecified atom stereocenters. The second kappa shape index (κ2) is 9.36. The summed E-state index contributed by atoms with van der Waals surface area (Å²) in [6.45, 7) is 0.354. The van der Waals surface area contributed by atoms with Gasteiger partial charge in [-0.3, -0.25) is 4.79 Å². The number of carboxylic acid groups (broad SMARTS) is 1. The summed E-state index contributed by atoms with van der Waals surface area (Å²) in [4.78, 5) is 37.8. The monoisotopic (exact) mass is 476 g/mol. The van der Waals surface area contributed by atoms with E-state index in [1.54, 1.807) is 0 Å². The second-order valence-electron chi connectivity index (χ2n) is 10.2. The molecule has 5 rings (SSSR count). The number of aliphatic carboxylic acids is 1. The van der Waals surface area contributed by atoms with Crippen LogP contribution >= 0.6 is 0 Å². The van der Waals surface area contributed by atoms with Crippen LogP contribution in [-0.4, -0.2) is 41.8 Å². The van der Waals surface area contributed by atoms with Gasteiger partial charge in [0.1, 0.15) is 12.1 Å². The second-order valence-corrected chi connectivity index (χ2v) is 10.2. The smallest absolute Gasteiger partial charge is 0.407 e. The maximum Gasteiger partial charge on any atom is 0.407 e. The van der Waals surface area contributed by atoms with Crippen LogP contribution in [0.25, 0.3) is 11.1 Å². The van der Waals surface area contributed by atoms with E-state index in [0.717, 1.165) is 36.8 Å². The average Bonchev–Trinajstić information content (AvgIpc) is 3.17. The molecule has 0 heterocycles. The van der Waals surface area contributed by atoms with E-state index in [1.165, 1.54) is 11.1 Å². The molecule has 7 heteroatoms. The van der Waals surface area contributed by atoms with Crippen LogP contribution in [0.2, 0.25) is 0 Å². The van der Waals surface area contributed by atoms with Gasteiger partial charge in [-0.2, -0.15) is 0 Å². The topological polar surface area (TPSA) is 105 Å². The zero-order chi connectivity index (χ0) is 24.5. The number of hydrogen-bond acceptors (Lipinski definition) is 4. The predicted octanol–water partition coefficient (Wildman–Crippen LogP) is 4.60. The van der Waals surface area contributed by atoms with Gasteiger partial charge in [0.25, 0.3) is 0 Å². The Morgan fingerprint density at radius 2 is 1.46 bits per heavy atom. The van der Waals surface area contributed by atoms with Crippen molar-refractivity contribution < 1.29 is 24.2 Å². The molecule has 2 amide bonds. The van der Waals surface area contributed by atoms with Crippen molar-refractivity contribution in [1.82, 2.24) is 10.6 Å². The minimum absolute atomic E-state index is 0.0332. The quantitative estimate of drug-likeness (QED) is 0.542. The molecule has 0 bridgehead atoms. The number of carbonyl (C=O) groups excluding carboxylic acids is 2. The Kier molecular flexibility index (Phi) is 6.26. The molecule has 184 valence electrons. The maximum atomic E-state index is 13.3. The van der Waals surface area contributed by atoms with E-state index in [9.17, 15) is 19.5 Å². The van der Waals surface area contributed by atoms with Gasteiger partial charge in [0.2, 0.25) is 5.91 Å². The van der Waals surface area contributed by atoms with Gasteiger partial charge in [-0.15, -0.1) is 0 Å². The molecule has 3 aliphatic carbocycles. The number of ether oxygens (including phenoxy) is 1. The number of alkyl carbamates (subject to hydrolysis) is 1. The summed E-state index contributed by atoms with van der Waals surface area (Å²) in [5.41, 5.74) is 2.65. The highest BCUT2D eigenvalue weighted by molar-refractivity contribution is 5.91. The third-order valence-electron chi connectivity index (χ3n) is 8.18. The molecular weight excluding hydrogens is 444 g/mol. The highest BCUT2D eigenvalue weighted by atomic mass is 16.5. The van der Waals surface area contributed by atoms with Crippen LogP contribution in [0.3, 0.4) is 0 Å². The first kappa shape index (κ1) is 23.4. The Hall–Kier alpha value is -3.35. The van der Waals surface area contributed by atoms with E-state index in [2.05, 4.69) is 34.9 Å². The number of benzene rings is 2. The van der Waals surface area contributed by atoms with Crippen LogP contribution in [0.15, 0.2) is 48.5 Å². The highest BCUT2D eigenvalue weighted by Gasteiger charge is 2.50. The minimum atomic E-state index is -1.16. The molecule has 7 nitrogen and oxygen atoms in total. The molecule has 0 saturated heterocycles. The van der Waals surface area contributed by atoms with Gasteiger partial charge < -0.3 is 20.5 Å².